The van der Waals surface area contributed by atoms with Crippen LogP contribution >= 0.6 is 23.5 Å². The Hall–Kier alpha value is -8.18. The number of nitrogens with one attached hydrogen (secondary N) is 6. The zero-order chi connectivity index (χ0) is 61.6. The van der Waals surface area contributed by atoms with Crippen molar-refractivity contribution in [3.63, 3.8) is 0 Å². The van der Waals surface area contributed by atoms with Gasteiger partial charge in [-0.2, -0.15) is 17.0 Å². The Morgan fingerprint density at radius 2 is 1.53 bits per heavy atom. The van der Waals surface area contributed by atoms with Crippen molar-refractivity contribution in [3.8, 4) is 22.9 Å². The molecule has 2 aliphatic heterocycles. The number of hydrogen-bond donors (Lipinski definition) is 9. The predicted molar refractivity (Wildman–Crippen MR) is 290 cm³/mol. The molecule has 2 fully saturated rings. The predicted octanol–water partition coefficient (Wildman–Crippen LogP) is -0.975. The van der Waals surface area contributed by atoms with Gasteiger partial charge in [-0.05, 0) is 49.3 Å². The summed E-state index contributed by atoms with van der Waals surface area (Å²) >= 11 is 2.15. The molecule has 0 unspecified atom stereocenters. The van der Waals surface area contributed by atoms with Gasteiger partial charge in [0, 0.05) is 76.2 Å². The molecule has 2 aromatic rings. The lowest BCUT2D eigenvalue weighted by atomic mass is 10.0. The number of carbonyl (C=O) groups excluding carboxylic acids is 9. The van der Waals surface area contributed by atoms with Crippen molar-refractivity contribution in [2.45, 2.75) is 99.4 Å². The fourth-order valence-electron chi connectivity index (χ4n) is 8.63. The summed E-state index contributed by atoms with van der Waals surface area (Å²) in [5, 5.41) is 51.3. The number of rotatable bonds is 32. The number of aliphatic carboxylic acids is 3. The van der Waals surface area contributed by atoms with Crippen molar-refractivity contribution in [2.75, 3.05) is 71.3 Å². The molecule has 32 heteroatoms. The topological polar surface area (TPSA) is 403 Å². The summed E-state index contributed by atoms with van der Waals surface area (Å²) in [5.41, 5.74) is 0.964. The number of likely N-dealkylation sites (N-methyl/N-ethyl adjacent to an activating group) is 1. The third-order valence-corrected chi connectivity index (χ3v) is 14.7. The Bertz CT molecular complexity index is 2760. The van der Waals surface area contributed by atoms with Crippen molar-refractivity contribution in [1.29, 1.82) is 5.26 Å². The smallest absolute Gasteiger partial charge is 0.303 e. The van der Waals surface area contributed by atoms with Crippen LogP contribution in [0.25, 0.3) is 11.1 Å². The van der Waals surface area contributed by atoms with Crippen LogP contribution < -0.4 is 36.6 Å². The number of nitriles is 1. The van der Waals surface area contributed by atoms with Gasteiger partial charge in [0.2, 0.25) is 47.3 Å². The molecule has 0 bridgehead atoms. The van der Waals surface area contributed by atoms with Gasteiger partial charge < -0.3 is 71.4 Å². The first-order valence-electron chi connectivity index (χ1n) is 25.6. The number of carbonyl (C=O) groups is 12. The maximum atomic E-state index is 14.6. The number of thioether (sulfide) groups is 2. The number of halogens is 2. The summed E-state index contributed by atoms with van der Waals surface area (Å²) in [5.74, 6) is -14.6. The second-order valence-electron chi connectivity index (χ2n) is 18.9. The molecule has 28 nitrogen and oxygen atoms in total. The van der Waals surface area contributed by atoms with Crippen molar-refractivity contribution >= 4 is 94.6 Å². The molecule has 9 N–H and O–H groups in total. The summed E-state index contributed by atoms with van der Waals surface area (Å²) in [4.78, 5) is 162. The number of alkyl halides is 2. The first kappa shape index (κ1) is 67.3. The van der Waals surface area contributed by atoms with Gasteiger partial charge in [0.15, 0.2) is 0 Å². The van der Waals surface area contributed by atoms with Gasteiger partial charge in [-0.15, -0.1) is 11.8 Å². The molecule has 2 aliphatic rings. The van der Waals surface area contributed by atoms with Gasteiger partial charge in [0.05, 0.1) is 44.4 Å². The van der Waals surface area contributed by atoms with Crippen LogP contribution in [-0.4, -0.2) is 225 Å². The zero-order valence-electron chi connectivity index (χ0n) is 45.6. The van der Waals surface area contributed by atoms with Crippen molar-refractivity contribution in [1.82, 2.24) is 51.6 Å². The van der Waals surface area contributed by atoms with Crippen LogP contribution in [0.2, 0.25) is 0 Å². The van der Waals surface area contributed by atoms with E-state index in [0.717, 1.165) is 45.1 Å². The van der Waals surface area contributed by atoms with E-state index in [1.807, 2.05) is 0 Å². The number of hydrogen-bond acceptors (Lipinski definition) is 18. The number of methoxy groups -OCH3 is 1. The lowest BCUT2D eigenvalue weighted by Crippen LogP contribution is -2.65. The molecule has 0 aliphatic carbocycles. The van der Waals surface area contributed by atoms with Crippen LogP contribution in [0.1, 0.15) is 62.2 Å². The lowest BCUT2D eigenvalue weighted by Gasteiger charge is -2.44. The molecule has 452 valence electrons. The van der Waals surface area contributed by atoms with Crippen molar-refractivity contribution in [3.05, 3.63) is 48.3 Å². The number of benzene rings is 1. The van der Waals surface area contributed by atoms with Crippen LogP contribution in [0.4, 0.5) is 8.78 Å². The van der Waals surface area contributed by atoms with E-state index in [1.165, 1.54) is 32.6 Å². The fraction of sp³-hybridized carbons (Fsp3) is 0.529. The zero-order valence-corrected chi connectivity index (χ0v) is 47.2. The summed E-state index contributed by atoms with van der Waals surface area (Å²) in [7, 11) is 2.52. The molecular formula is C51H65F2N11O17S2. The molecule has 0 saturated carbocycles. The van der Waals surface area contributed by atoms with E-state index in [9.17, 15) is 86.9 Å². The highest BCUT2D eigenvalue weighted by Gasteiger charge is 2.48. The minimum atomic E-state index is -3.23. The largest absolute Gasteiger partial charge is 0.492 e. The molecule has 83 heavy (non-hydrogen) atoms. The first-order valence-corrected chi connectivity index (χ1v) is 28.0. The maximum absolute atomic E-state index is 14.6. The van der Waals surface area contributed by atoms with Gasteiger partial charge in [0.1, 0.15) is 54.0 Å². The SMILES string of the molecule is COC[C@H]1SC[C@H](NC(=O)[C@H](CCC(=O)O)NC(C)=O)C(=O)N1[C@@H](CCC(=O)O)C(=O)N(C)[C@@H](CSC)C(=O)N[C@@H](CCC(=O)O)C(=O)NCC(=O)NCCOc1ccc(-c2cnccc2C(=O)NCC(=O)N2CC(F)(F)C[C@H]2C#N)cc1. The maximum Gasteiger partial charge on any atom is 0.303 e. The number of likely N-dealkylation sites (tertiary alicyclic amines) is 1. The quantitative estimate of drug-likeness (QED) is 0.0398. The van der Waals surface area contributed by atoms with Crippen molar-refractivity contribution in [2.24, 2.45) is 0 Å². The second-order valence-corrected chi connectivity index (χ2v) is 21.0. The van der Waals surface area contributed by atoms with E-state index in [1.54, 1.807) is 36.6 Å². The van der Waals surface area contributed by atoms with Gasteiger partial charge in [0.25, 0.3) is 11.8 Å². The van der Waals surface area contributed by atoms with E-state index in [0.29, 0.717) is 16.9 Å². The number of carboxylic acids is 3. The van der Waals surface area contributed by atoms with Crippen LogP contribution in [0.3, 0.4) is 0 Å². The number of amides is 9. The Morgan fingerprint density at radius 3 is 2.13 bits per heavy atom. The number of aromatic nitrogens is 1. The number of pyridine rings is 1. The number of ether oxygens (including phenoxy) is 2. The average molecular weight is 1210 g/mol. The highest BCUT2D eigenvalue weighted by Crippen LogP contribution is 2.33. The molecule has 4 rings (SSSR count). The van der Waals surface area contributed by atoms with Crippen LogP contribution in [0.15, 0.2) is 42.7 Å². The Balaban J connectivity index is 1.38. The summed E-state index contributed by atoms with van der Waals surface area (Å²) in [6.45, 7) is -1.44. The van der Waals surface area contributed by atoms with Crippen molar-refractivity contribution < 1.29 is 91.1 Å². The monoisotopic (exact) mass is 1210 g/mol. The van der Waals surface area contributed by atoms with Gasteiger partial charge in [-0.25, -0.2) is 8.78 Å². The minimum Gasteiger partial charge on any atom is -0.492 e. The van der Waals surface area contributed by atoms with E-state index in [2.05, 4.69) is 36.9 Å². The molecule has 9 amide bonds. The molecule has 1 aromatic heterocycles. The number of nitrogens with zero attached hydrogens (tertiary/aromatic N) is 5. The summed E-state index contributed by atoms with van der Waals surface area (Å²) < 4.78 is 38.8. The standard InChI is InChI=1S/C51H65F2N11O17S2/c1-28(65)59-35(10-13-43(70)71)47(76)61-36-25-83-41(24-80-3)64(49(36)78)37(11-14-44(72)73)50(79)62(2)38(26-82-4)48(77)60-34(9-12-42(68)69)46(75)57-22-39(66)56-17-18-81-31-7-5-29(6-8-31)33-21-55-16-15-32(33)45(74)58-23-40(67)63-27-51(52,53)19-30(63)20-54/h5-8,15-16,21,30,34-38,41H,9-14,17-19,22-27H2,1-4H3,(H,56,66)(H,57,75)(H,58,74)(H,59,65)(H,60,77)(H,61,76)(H,68,69)(H,70,71)(H,72,73)/t30-,34-,35-,36-,37-,38-,41+/m0/s1. The summed E-state index contributed by atoms with van der Waals surface area (Å²) in [6.07, 6.45) is 0.447. The second kappa shape index (κ2) is 32.5. The number of carboxylic acid groups (broad SMARTS) is 3. The molecule has 0 spiro atoms. The van der Waals surface area contributed by atoms with Gasteiger partial charge in [-0.1, -0.05) is 12.1 Å². The van der Waals surface area contributed by atoms with E-state index < -0.39 is 177 Å². The highest BCUT2D eigenvalue weighted by atomic mass is 32.2. The Morgan fingerprint density at radius 1 is 0.892 bits per heavy atom. The van der Waals surface area contributed by atoms with E-state index >= 15 is 0 Å². The van der Waals surface area contributed by atoms with E-state index in [4.69, 9.17) is 9.47 Å². The molecule has 0 radical (unpaired) electrons. The molecule has 2 saturated heterocycles. The van der Waals surface area contributed by atoms with E-state index in [-0.39, 0.29) is 43.2 Å². The fourth-order valence-corrected chi connectivity index (χ4v) is 10.6. The van der Waals surface area contributed by atoms with Gasteiger partial charge >= 0.3 is 17.9 Å². The molecule has 1 aromatic carbocycles. The third-order valence-electron chi connectivity index (χ3n) is 12.7. The molecular weight excluding hydrogens is 1140 g/mol. The lowest BCUT2D eigenvalue weighted by molar-refractivity contribution is -0.152. The van der Waals surface area contributed by atoms with Crippen LogP contribution in [-0.2, 0) is 57.5 Å². The third kappa shape index (κ3) is 20.6. The van der Waals surface area contributed by atoms with Crippen LogP contribution in [0, 0.1) is 11.3 Å². The Kier molecular flexibility index (Phi) is 26.3. The molecule has 3 heterocycles. The minimum absolute atomic E-state index is 0.0768. The Labute approximate surface area is 482 Å². The highest BCUT2D eigenvalue weighted by molar-refractivity contribution is 8.00. The molecule has 7 atom stereocenters. The first-order chi connectivity index (χ1) is 39.3. The summed E-state index contributed by atoms with van der Waals surface area (Å²) in [6, 6.07) is 0.718. The van der Waals surface area contributed by atoms with Crippen LogP contribution in [0.5, 0.6) is 5.75 Å². The normalized spacial score (nSPS) is 17.7. The van der Waals surface area contributed by atoms with Gasteiger partial charge in [-0.3, -0.25) is 62.5 Å². The average Bonchev–Trinajstić information content (AvgIpc) is 3.80.